The first kappa shape index (κ1) is 9.77. The number of imidazole rings is 1. The minimum Gasteiger partial charge on any atom is -0.297 e. The number of hydrogen-bond acceptors (Lipinski definition) is 3. The van der Waals surface area contributed by atoms with Crippen molar-refractivity contribution in [2.24, 2.45) is 7.05 Å². The second-order valence-electron chi connectivity index (χ2n) is 3.73. The molecule has 17 heavy (non-hydrogen) atoms. The SMILES string of the molecule is Cn1c(-n2ccccc2=O)nc2cccnc21. The van der Waals surface area contributed by atoms with E-state index in [-0.39, 0.29) is 5.56 Å². The Kier molecular flexibility index (Phi) is 2.04. The summed E-state index contributed by atoms with van der Waals surface area (Å²) in [5, 5.41) is 0. The van der Waals surface area contributed by atoms with Crippen LogP contribution in [-0.2, 0) is 7.05 Å². The molecule has 0 aliphatic carbocycles. The van der Waals surface area contributed by atoms with Crippen LogP contribution in [0.25, 0.3) is 17.1 Å². The van der Waals surface area contributed by atoms with Crippen molar-refractivity contribution in [3.63, 3.8) is 0 Å². The molecule has 0 atom stereocenters. The van der Waals surface area contributed by atoms with Crippen LogP contribution in [0.5, 0.6) is 0 Å². The van der Waals surface area contributed by atoms with Crippen LogP contribution in [0.3, 0.4) is 0 Å². The molecule has 0 amide bonds. The molecule has 0 saturated carbocycles. The molecule has 0 fully saturated rings. The number of nitrogens with zero attached hydrogens (tertiary/aromatic N) is 4. The molecule has 0 unspecified atom stereocenters. The number of aromatic nitrogens is 4. The van der Waals surface area contributed by atoms with E-state index in [2.05, 4.69) is 9.97 Å². The molecule has 5 nitrogen and oxygen atoms in total. The first-order valence-electron chi connectivity index (χ1n) is 5.23. The molecule has 3 aromatic heterocycles. The van der Waals surface area contributed by atoms with Crippen molar-refractivity contribution in [3.05, 3.63) is 53.1 Å². The van der Waals surface area contributed by atoms with Crippen LogP contribution in [0.1, 0.15) is 0 Å². The summed E-state index contributed by atoms with van der Waals surface area (Å²) in [6.07, 6.45) is 3.41. The van der Waals surface area contributed by atoms with Gasteiger partial charge in [0.15, 0.2) is 5.65 Å². The van der Waals surface area contributed by atoms with Gasteiger partial charge in [0.1, 0.15) is 5.52 Å². The zero-order chi connectivity index (χ0) is 11.8. The van der Waals surface area contributed by atoms with Gasteiger partial charge in [-0.05, 0) is 18.2 Å². The van der Waals surface area contributed by atoms with Crippen LogP contribution in [0.2, 0.25) is 0 Å². The highest BCUT2D eigenvalue weighted by molar-refractivity contribution is 5.72. The van der Waals surface area contributed by atoms with Crippen molar-refractivity contribution in [1.29, 1.82) is 0 Å². The van der Waals surface area contributed by atoms with Gasteiger partial charge in [-0.3, -0.25) is 13.9 Å². The molecule has 0 aliphatic heterocycles. The van der Waals surface area contributed by atoms with Gasteiger partial charge in [-0.1, -0.05) is 6.07 Å². The van der Waals surface area contributed by atoms with E-state index in [9.17, 15) is 4.79 Å². The lowest BCUT2D eigenvalue weighted by molar-refractivity contribution is 0.808. The van der Waals surface area contributed by atoms with Gasteiger partial charge in [-0.2, -0.15) is 0 Å². The summed E-state index contributed by atoms with van der Waals surface area (Å²) in [4.78, 5) is 20.4. The van der Waals surface area contributed by atoms with Gasteiger partial charge in [0.05, 0.1) is 0 Å². The quantitative estimate of drug-likeness (QED) is 0.624. The van der Waals surface area contributed by atoms with E-state index in [4.69, 9.17) is 0 Å². The third-order valence-corrected chi connectivity index (χ3v) is 2.64. The normalized spacial score (nSPS) is 10.9. The zero-order valence-corrected chi connectivity index (χ0v) is 9.24. The summed E-state index contributed by atoms with van der Waals surface area (Å²) in [7, 11) is 1.84. The first-order valence-corrected chi connectivity index (χ1v) is 5.23. The van der Waals surface area contributed by atoms with E-state index >= 15 is 0 Å². The van der Waals surface area contributed by atoms with Crippen molar-refractivity contribution in [1.82, 2.24) is 19.1 Å². The second-order valence-corrected chi connectivity index (χ2v) is 3.73. The minimum atomic E-state index is -0.106. The number of fused-ring (bicyclic) bond motifs is 1. The van der Waals surface area contributed by atoms with Crippen molar-refractivity contribution in [3.8, 4) is 5.95 Å². The molecule has 0 spiro atoms. The van der Waals surface area contributed by atoms with Crippen molar-refractivity contribution in [2.75, 3.05) is 0 Å². The van der Waals surface area contributed by atoms with Crippen molar-refractivity contribution in [2.45, 2.75) is 0 Å². The molecule has 5 heteroatoms. The van der Waals surface area contributed by atoms with Gasteiger partial charge in [0, 0.05) is 25.5 Å². The van der Waals surface area contributed by atoms with E-state index in [1.807, 2.05) is 19.2 Å². The highest BCUT2D eigenvalue weighted by Gasteiger charge is 2.10. The second kappa shape index (κ2) is 3.55. The van der Waals surface area contributed by atoms with Gasteiger partial charge in [0.2, 0.25) is 5.95 Å². The number of aryl methyl sites for hydroxylation is 1. The maximum Gasteiger partial charge on any atom is 0.257 e. The Balaban J connectivity index is 2.36. The van der Waals surface area contributed by atoms with E-state index in [1.54, 1.807) is 29.1 Å². The lowest BCUT2D eigenvalue weighted by atomic mass is 10.4. The molecule has 0 aromatic carbocycles. The minimum absolute atomic E-state index is 0.106. The smallest absolute Gasteiger partial charge is 0.257 e. The van der Waals surface area contributed by atoms with E-state index < -0.39 is 0 Å². The average Bonchev–Trinajstić information content (AvgIpc) is 2.68. The van der Waals surface area contributed by atoms with Crippen LogP contribution in [-0.4, -0.2) is 19.1 Å². The fraction of sp³-hybridized carbons (Fsp3) is 0.0833. The molecule has 3 rings (SSSR count). The summed E-state index contributed by atoms with van der Waals surface area (Å²) >= 11 is 0. The zero-order valence-electron chi connectivity index (χ0n) is 9.24. The Morgan fingerprint density at radius 2 is 2.06 bits per heavy atom. The maximum atomic E-state index is 11.7. The summed E-state index contributed by atoms with van der Waals surface area (Å²) in [5.41, 5.74) is 1.44. The lowest BCUT2D eigenvalue weighted by Crippen LogP contribution is -2.19. The van der Waals surface area contributed by atoms with Gasteiger partial charge < -0.3 is 0 Å². The molecule has 0 N–H and O–H groups in total. The van der Waals surface area contributed by atoms with Crippen molar-refractivity contribution < 1.29 is 0 Å². The number of hydrogen-bond donors (Lipinski definition) is 0. The van der Waals surface area contributed by atoms with E-state index in [1.165, 1.54) is 10.6 Å². The fourth-order valence-corrected chi connectivity index (χ4v) is 1.82. The van der Waals surface area contributed by atoms with Crippen molar-refractivity contribution >= 4 is 11.2 Å². The van der Waals surface area contributed by atoms with Crippen LogP contribution in [0.4, 0.5) is 0 Å². The van der Waals surface area contributed by atoms with Crippen LogP contribution in [0, 0.1) is 0 Å². The Morgan fingerprint density at radius 1 is 1.18 bits per heavy atom. The number of pyridine rings is 2. The fourth-order valence-electron chi connectivity index (χ4n) is 1.82. The standard InChI is InChI=1S/C12H10N4O/c1-15-11-9(5-4-7-13-11)14-12(15)16-8-3-2-6-10(16)17/h2-8H,1H3. The molecule has 84 valence electrons. The predicted molar refractivity (Wildman–Crippen MR) is 64.1 cm³/mol. The Morgan fingerprint density at radius 3 is 2.82 bits per heavy atom. The highest BCUT2D eigenvalue weighted by Crippen LogP contribution is 2.13. The largest absolute Gasteiger partial charge is 0.297 e. The van der Waals surface area contributed by atoms with E-state index in [0.29, 0.717) is 5.95 Å². The van der Waals surface area contributed by atoms with Gasteiger partial charge in [0.25, 0.3) is 5.56 Å². The molecular weight excluding hydrogens is 216 g/mol. The first-order chi connectivity index (χ1) is 8.27. The van der Waals surface area contributed by atoms with Crippen LogP contribution >= 0.6 is 0 Å². The van der Waals surface area contributed by atoms with E-state index in [0.717, 1.165) is 11.2 Å². The Labute approximate surface area is 97.0 Å². The summed E-state index contributed by atoms with van der Waals surface area (Å²) in [6.45, 7) is 0. The number of rotatable bonds is 1. The van der Waals surface area contributed by atoms with Gasteiger partial charge in [-0.15, -0.1) is 0 Å². The summed E-state index contributed by atoms with van der Waals surface area (Å²) in [6, 6.07) is 8.72. The predicted octanol–water partition coefficient (Wildman–Crippen LogP) is 1.12. The summed E-state index contributed by atoms with van der Waals surface area (Å²) in [5.74, 6) is 0.573. The molecule has 0 aliphatic rings. The monoisotopic (exact) mass is 226 g/mol. The molecule has 0 saturated heterocycles. The molecule has 0 radical (unpaired) electrons. The maximum absolute atomic E-state index is 11.7. The molecule has 3 heterocycles. The topological polar surface area (TPSA) is 52.7 Å². The molecular formula is C12H10N4O. The Hall–Kier alpha value is -2.43. The van der Waals surface area contributed by atoms with Crippen LogP contribution < -0.4 is 5.56 Å². The Bertz CT molecular complexity index is 741. The van der Waals surface area contributed by atoms with Gasteiger partial charge in [-0.25, -0.2) is 9.97 Å². The molecule has 3 aromatic rings. The van der Waals surface area contributed by atoms with Gasteiger partial charge >= 0.3 is 0 Å². The third-order valence-electron chi connectivity index (χ3n) is 2.64. The van der Waals surface area contributed by atoms with Crippen LogP contribution in [0.15, 0.2) is 47.5 Å². The summed E-state index contributed by atoms with van der Waals surface area (Å²) < 4.78 is 3.30. The molecule has 0 bridgehead atoms. The lowest BCUT2D eigenvalue weighted by Gasteiger charge is -2.03. The highest BCUT2D eigenvalue weighted by atomic mass is 16.1. The third kappa shape index (κ3) is 1.44. The average molecular weight is 226 g/mol.